The van der Waals surface area contributed by atoms with E-state index in [1.165, 1.54) is 25.6 Å². The fourth-order valence-corrected chi connectivity index (χ4v) is 1.97. The predicted molar refractivity (Wildman–Crippen MR) is 63.9 cm³/mol. The first-order valence-electron chi connectivity index (χ1n) is 5.03. The Balaban J connectivity index is 2.16. The number of carbonyl (C=O) groups is 1. The van der Waals surface area contributed by atoms with Crippen molar-refractivity contribution in [3.8, 4) is 0 Å². The molecule has 0 amide bonds. The van der Waals surface area contributed by atoms with Crippen LogP contribution in [0.2, 0.25) is 0 Å². The number of rotatable bonds is 3. The highest BCUT2D eigenvalue weighted by Crippen LogP contribution is 2.27. The van der Waals surface area contributed by atoms with Gasteiger partial charge in [-0.2, -0.15) is 0 Å². The van der Waals surface area contributed by atoms with Crippen LogP contribution in [0.1, 0.15) is 10.5 Å². The van der Waals surface area contributed by atoms with Gasteiger partial charge in [0.1, 0.15) is 10.8 Å². The van der Waals surface area contributed by atoms with Crippen molar-refractivity contribution in [2.45, 2.75) is 9.92 Å². The van der Waals surface area contributed by atoms with E-state index in [1.54, 1.807) is 18.2 Å². The van der Waals surface area contributed by atoms with Crippen LogP contribution < -0.4 is 0 Å². The zero-order chi connectivity index (χ0) is 13.0. The number of esters is 1. The molecule has 0 N–H and O–H groups in total. The fraction of sp³-hybridized carbons (Fsp3) is 0.0833. The van der Waals surface area contributed by atoms with Crippen molar-refractivity contribution in [3.63, 3.8) is 0 Å². The van der Waals surface area contributed by atoms with Gasteiger partial charge in [0, 0.05) is 4.90 Å². The third-order valence-corrected chi connectivity index (χ3v) is 3.04. The summed E-state index contributed by atoms with van der Waals surface area (Å²) in [6.07, 6.45) is 2.71. The summed E-state index contributed by atoms with van der Waals surface area (Å²) < 4.78 is 17.9. The molecule has 0 aliphatic carbocycles. The van der Waals surface area contributed by atoms with Gasteiger partial charge in [0.15, 0.2) is 5.69 Å². The van der Waals surface area contributed by atoms with Crippen molar-refractivity contribution >= 4 is 17.7 Å². The molecule has 2 aromatic rings. The predicted octanol–water partition coefficient (Wildman–Crippen LogP) is 2.55. The molecule has 0 saturated carbocycles. The molecule has 0 atom stereocenters. The summed E-state index contributed by atoms with van der Waals surface area (Å²) in [4.78, 5) is 19.5. The second-order valence-corrected chi connectivity index (χ2v) is 4.33. The quantitative estimate of drug-likeness (QED) is 0.797. The minimum absolute atomic E-state index is 0.121. The molecule has 1 aromatic carbocycles. The molecular weight excluding hydrogens is 255 g/mol. The molecule has 0 fully saturated rings. The van der Waals surface area contributed by atoms with Crippen molar-refractivity contribution in [2.24, 2.45) is 0 Å². The summed E-state index contributed by atoms with van der Waals surface area (Å²) in [5.41, 5.74) is 0.121. The largest absolute Gasteiger partial charge is 0.464 e. The SMILES string of the molecule is COC(=O)c1cnc(Sc2ccccc2F)cn1. The normalized spacial score (nSPS) is 10.1. The van der Waals surface area contributed by atoms with E-state index in [0.717, 1.165) is 11.8 Å². The number of nitrogens with zero attached hydrogens (tertiary/aromatic N) is 2. The lowest BCUT2D eigenvalue weighted by Crippen LogP contribution is -2.04. The number of hydrogen-bond donors (Lipinski definition) is 0. The van der Waals surface area contributed by atoms with E-state index in [9.17, 15) is 9.18 Å². The van der Waals surface area contributed by atoms with E-state index in [4.69, 9.17) is 0 Å². The molecule has 0 radical (unpaired) electrons. The number of aromatic nitrogens is 2. The van der Waals surface area contributed by atoms with Crippen molar-refractivity contribution in [1.29, 1.82) is 0 Å². The van der Waals surface area contributed by atoms with Gasteiger partial charge in [0.25, 0.3) is 0 Å². The van der Waals surface area contributed by atoms with Gasteiger partial charge in [0.05, 0.1) is 19.5 Å². The number of benzene rings is 1. The number of methoxy groups -OCH3 is 1. The van der Waals surface area contributed by atoms with Crippen LogP contribution in [0.3, 0.4) is 0 Å². The van der Waals surface area contributed by atoms with Crippen molar-refractivity contribution < 1.29 is 13.9 Å². The first-order chi connectivity index (χ1) is 8.70. The monoisotopic (exact) mass is 264 g/mol. The van der Waals surface area contributed by atoms with E-state index >= 15 is 0 Å². The molecule has 92 valence electrons. The molecule has 0 aliphatic rings. The zero-order valence-electron chi connectivity index (χ0n) is 9.46. The highest BCUT2D eigenvalue weighted by Gasteiger charge is 2.09. The lowest BCUT2D eigenvalue weighted by atomic mass is 10.3. The van der Waals surface area contributed by atoms with Gasteiger partial charge in [-0.3, -0.25) is 0 Å². The van der Waals surface area contributed by atoms with Crippen LogP contribution >= 0.6 is 11.8 Å². The van der Waals surface area contributed by atoms with E-state index < -0.39 is 5.97 Å². The second kappa shape index (κ2) is 5.59. The topological polar surface area (TPSA) is 52.1 Å². The van der Waals surface area contributed by atoms with Gasteiger partial charge < -0.3 is 4.74 Å². The molecule has 0 spiro atoms. The highest BCUT2D eigenvalue weighted by molar-refractivity contribution is 7.99. The van der Waals surface area contributed by atoms with Gasteiger partial charge in [0.2, 0.25) is 0 Å². The fourth-order valence-electron chi connectivity index (χ4n) is 1.22. The Kier molecular flexibility index (Phi) is 3.88. The average molecular weight is 264 g/mol. The van der Waals surface area contributed by atoms with Gasteiger partial charge in [-0.15, -0.1) is 0 Å². The van der Waals surface area contributed by atoms with Crippen LogP contribution in [0.5, 0.6) is 0 Å². The molecule has 1 heterocycles. The zero-order valence-corrected chi connectivity index (χ0v) is 10.3. The van der Waals surface area contributed by atoms with E-state index in [2.05, 4.69) is 14.7 Å². The van der Waals surface area contributed by atoms with Crippen LogP contribution in [0, 0.1) is 5.82 Å². The van der Waals surface area contributed by atoms with Crippen LogP contribution in [-0.4, -0.2) is 23.0 Å². The van der Waals surface area contributed by atoms with Crippen LogP contribution in [0.25, 0.3) is 0 Å². The molecule has 18 heavy (non-hydrogen) atoms. The smallest absolute Gasteiger partial charge is 0.358 e. The van der Waals surface area contributed by atoms with E-state index in [0.29, 0.717) is 9.92 Å². The molecule has 0 bridgehead atoms. The molecule has 0 saturated heterocycles. The third-order valence-electron chi connectivity index (χ3n) is 2.07. The molecule has 0 aliphatic heterocycles. The second-order valence-electron chi connectivity index (χ2n) is 3.26. The van der Waals surface area contributed by atoms with Crippen LogP contribution in [0.4, 0.5) is 4.39 Å². The maximum Gasteiger partial charge on any atom is 0.358 e. The summed E-state index contributed by atoms with van der Waals surface area (Å²) in [6.45, 7) is 0. The Hall–Kier alpha value is -1.95. The molecule has 2 rings (SSSR count). The number of hydrogen-bond acceptors (Lipinski definition) is 5. The Morgan fingerprint density at radius 2 is 2.06 bits per heavy atom. The summed E-state index contributed by atoms with van der Waals surface area (Å²) in [6, 6.07) is 6.38. The van der Waals surface area contributed by atoms with Crippen molar-refractivity contribution in [3.05, 3.63) is 48.2 Å². The number of carbonyl (C=O) groups excluding carboxylic acids is 1. The summed E-state index contributed by atoms with van der Waals surface area (Å²) in [5.74, 6) is -0.869. The minimum atomic E-state index is -0.551. The standard InChI is InChI=1S/C12H9FN2O2S/c1-17-12(16)9-6-15-11(7-14-9)18-10-5-3-2-4-8(10)13/h2-7H,1H3. The van der Waals surface area contributed by atoms with Gasteiger partial charge in [-0.1, -0.05) is 23.9 Å². The lowest BCUT2D eigenvalue weighted by Gasteiger charge is -2.02. The molecule has 1 aromatic heterocycles. The van der Waals surface area contributed by atoms with Crippen molar-refractivity contribution in [1.82, 2.24) is 9.97 Å². The maximum absolute atomic E-state index is 13.4. The molecular formula is C12H9FN2O2S. The summed E-state index contributed by atoms with van der Waals surface area (Å²) >= 11 is 1.14. The highest BCUT2D eigenvalue weighted by atomic mass is 32.2. The van der Waals surface area contributed by atoms with Gasteiger partial charge >= 0.3 is 5.97 Å². The Bertz CT molecular complexity index is 560. The Morgan fingerprint density at radius 1 is 1.28 bits per heavy atom. The third kappa shape index (κ3) is 2.84. The number of ether oxygens (including phenoxy) is 1. The average Bonchev–Trinajstić information content (AvgIpc) is 2.41. The van der Waals surface area contributed by atoms with Crippen LogP contribution in [-0.2, 0) is 4.74 Å². The maximum atomic E-state index is 13.4. The Morgan fingerprint density at radius 3 is 2.67 bits per heavy atom. The minimum Gasteiger partial charge on any atom is -0.464 e. The van der Waals surface area contributed by atoms with Crippen molar-refractivity contribution in [2.75, 3.05) is 7.11 Å². The number of halogens is 1. The molecule has 6 heteroatoms. The van der Waals surface area contributed by atoms with E-state index in [1.807, 2.05) is 0 Å². The molecule has 4 nitrogen and oxygen atoms in total. The Labute approximate surface area is 107 Å². The molecule has 0 unspecified atom stereocenters. The first kappa shape index (κ1) is 12.5. The first-order valence-corrected chi connectivity index (χ1v) is 5.85. The van der Waals surface area contributed by atoms with E-state index in [-0.39, 0.29) is 11.5 Å². The lowest BCUT2D eigenvalue weighted by molar-refractivity contribution is 0.0593. The van der Waals surface area contributed by atoms with Gasteiger partial charge in [-0.25, -0.2) is 19.2 Å². The van der Waals surface area contributed by atoms with Crippen LogP contribution in [0.15, 0.2) is 46.6 Å². The summed E-state index contributed by atoms with van der Waals surface area (Å²) in [7, 11) is 1.27. The van der Waals surface area contributed by atoms with Gasteiger partial charge in [-0.05, 0) is 12.1 Å². The summed E-state index contributed by atoms with van der Waals surface area (Å²) in [5, 5.41) is 0.507.